The van der Waals surface area contributed by atoms with Crippen LogP contribution in [0.3, 0.4) is 0 Å². The monoisotopic (exact) mass is 247 g/mol. The SMILES string of the molecule is CONCc1cc(OC)c(OC)c(C(F)F)c1. The molecule has 0 aliphatic rings. The molecule has 0 aliphatic carbocycles. The normalized spacial score (nSPS) is 10.7. The van der Waals surface area contributed by atoms with Crippen LogP contribution in [0.15, 0.2) is 12.1 Å². The lowest BCUT2D eigenvalue weighted by Gasteiger charge is -2.14. The minimum Gasteiger partial charge on any atom is -0.493 e. The number of hydroxylamine groups is 1. The maximum atomic E-state index is 12.8. The number of benzene rings is 1. The lowest BCUT2D eigenvalue weighted by molar-refractivity contribution is 0.0864. The Kier molecular flexibility index (Phi) is 5.11. The summed E-state index contributed by atoms with van der Waals surface area (Å²) in [7, 11) is 4.19. The molecule has 17 heavy (non-hydrogen) atoms. The molecule has 1 N–H and O–H groups in total. The van der Waals surface area contributed by atoms with Crippen molar-refractivity contribution in [3.63, 3.8) is 0 Å². The molecule has 6 heteroatoms. The summed E-state index contributed by atoms with van der Waals surface area (Å²) in [5, 5.41) is 0. The fourth-order valence-electron chi connectivity index (χ4n) is 1.47. The molecule has 96 valence electrons. The summed E-state index contributed by atoms with van der Waals surface area (Å²) in [5.74, 6) is 0.335. The van der Waals surface area contributed by atoms with Gasteiger partial charge in [0, 0.05) is 6.54 Å². The first kappa shape index (κ1) is 13.7. The van der Waals surface area contributed by atoms with Crippen molar-refractivity contribution in [2.24, 2.45) is 0 Å². The van der Waals surface area contributed by atoms with Crippen LogP contribution in [0.25, 0.3) is 0 Å². The van der Waals surface area contributed by atoms with Crippen LogP contribution in [-0.2, 0) is 11.4 Å². The minimum absolute atomic E-state index is 0.0590. The number of alkyl halides is 2. The molecule has 1 aromatic carbocycles. The average Bonchev–Trinajstić information content (AvgIpc) is 2.34. The van der Waals surface area contributed by atoms with Gasteiger partial charge < -0.3 is 14.3 Å². The Bertz CT molecular complexity index is 372. The molecule has 0 spiro atoms. The number of nitrogens with one attached hydrogen (secondary N) is 1. The van der Waals surface area contributed by atoms with Crippen molar-refractivity contribution in [1.82, 2.24) is 5.48 Å². The summed E-state index contributed by atoms with van der Waals surface area (Å²) in [6.45, 7) is 0.302. The quantitative estimate of drug-likeness (QED) is 0.783. The standard InChI is InChI=1S/C11H15F2NO3/c1-15-9-5-7(6-14-17-3)4-8(11(12)13)10(9)16-2/h4-5,11,14H,6H2,1-3H3. The molecule has 0 bridgehead atoms. The van der Waals surface area contributed by atoms with E-state index in [1.54, 1.807) is 6.07 Å². The second-order valence-corrected chi connectivity index (χ2v) is 3.25. The highest BCUT2D eigenvalue weighted by Gasteiger charge is 2.19. The third kappa shape index (κ3) is 3.28. The first-order valence-electron chi connectivity index (χ1n) is 4.92. The molecule has 0 unspecified atom stereocenters. The lowest BCUT2D eigenvalue weighted by Crippen LogP contribution is -2.11. The number of halogens is 2. The minimum atomic E-state index is -2.62. The summed E-state index contributed by atoms with van der Waals surface area (Å²) in [4.78, 5) is 4.67. The maximum Gasteiger partial charge on any atom is 0.267 e. The molecule has 0 amide bonds. The third-order valence-electron chi connectivity index (χ3n) is 2.22. The van der Waals surface area contributed by atoms with Crippen molar-refractivity contribution < 1.29 is 23.1 Å². The molecular formula is C11H15F2NO3. The molecule has 4 nitrogen and oxygen atoms in total. The second kappa shape index (κ2) is 6.36. The first-order chi connectivity index (χ1) is 8.13. The third-order valence-corrected chi connectivity index (χ3v) is 2.22. The number of rotatable bonds is 6. The van der Waals surface area contributed by atoms with Gasteiger partial charge in [0.1, 0.15) is 0 Å². The Morgan fingerprint density at radius 3 is 2.35 bits per heavy atom. The van der Waals surface area contributed by atoms with Gasteiger partial charge in [0.2, 0.25) is 0 Å². The second-order valence-electron chi connectivity index (χ2n) is 3.25. The summed E-state index contributed by atoms with van der Waals surface area (Å²) < 4.78 is 35.6. The van der Waals surface area contributed by atoms with Gasteiger partial charge in [-0.2, -0.15) is 5.48 Å². The molecule has 0 heterocycles. The van der Waals surface area contributed by atoms with Crippen LogP contribution >= 0.6 is 0 Å². The number of ether oxygens (including phenoxy) is 2. The average molecular weight is 247 g/mol. The smallest absolute Gasteiger partial charge is 0.267 e. The van der Waals surface area contributed by atoms with Gasteiger partial charge in [0.05, 0.1) is 26.9 Å². The fraction of sp³-hybridized carbons (Fsp3) is 0.455. The van der Waals surface area contributed by atoms with E-state index in [1.165, 1.54) is 27.4 Å². The van der Waals surface area contributed by atoms with E-state index in [2.05, 4.69) is 10.3 Å². The Morgan fingerprint density at radius 1 is 1.18 bits per heavy atom. The zero-order valence-corrected chi connectivity index (χ0v) is 9.92. The van der Waals surface area contributed by atoms with Crippen molar-refractivity contribution >= 4 is 0 Å². The van der Waals surface area contributed by atoms with E-state index in [0.29, 0.717) is 12.1 Å². The summed E-state index contributed by atoms with van der Waals surface area (Å²) in [5.41, 5.74) is 3.01. The van der Waals surface area contributed by atoms with Gasteiger partial charge in [-0.3, -0.25) is 0 Å². The molecule has 0 atom stereocenters. The van der Waals surface area contributed by atoms with Crippen LogP contribution < -0.4 is 15.0 Å². The van der Waals surface area contributed by atoms with Crippen LogP contribution in [0.4, 0.5) is 8.78 Å². The highest BCUT2D eigenvalue weighted by atomic mass is 19.3. The number of methoxy groups -OCH3 is 2. The zero-order chi connectivity index (χ0) is 12.8. The predicted molar refractivity (Wildman–Crippen MR) is 58.4 cm³/mol. The van der Waals surface area contributed by atoms with E-state index in [-0.39, 0.29) is 17.1 Å². The number of hydrogen-bond acceptors (Lipinski definition) is 4. The summed E-state index contributed by atoms with van der Waals surface area (Å²) >= 11 is 0. The molecule has 1 rings (SSSR count). The topological polar surface area (TPSA) is 39.7 Å². The summed E-state index contributed by atoms with van der Waals surface area (Å²) in [6.07, 6.45) is -2.62. The van der Waals surface area contributed by atoms with Gasteiger partial charge in [-0.25, -0.2) is 8.78 Å². The van der Waals surface area contributed by atoms with Gasteiger partial charge in [-0.15, -0.1) is 0 Å². The van der Waals surface area contributed by atoms with E-state index >= 15 is 0 Å². The van der Waals surface area contributed by atoms with Crippen LogP contribution in [0.2, 0.25) is 0 Å². The Balaban J connectivity index is 3.15. The first-order valence-corrected chi connectivity index (χ1v) is 4.92. The summed E-state index contributed by atoms with van der Waals surface area (Å²) in [6, 6.07) is 2.98. The molecule has 1 aromatic rings. The molecular weight excluding hydrogens is 232 g/mol. The van der Waals surface area contributed by atoms with Crippen LogP contribution in [0, 0.1) is 0 Å². The predicted octanol–water partition coefficient (Wildman–Crippen LogP) is 2.29. The van der Waals surface area contributed by atoms with E-state index in [0.717, 1.165) is 0 Å². The van der Waals surface area contributed by atoms with E-state index in [4.69, 9.17) is 9.47 Å². The zero-order valence-electron chi connectivity index (χ0n) is 9.92. The molecule has 0 radical (unpaired) electrons. The van der Waals surface area contributed by atoms with Gasteiger partial charge in [0.15, 0.2) is 11.5 Å². The largest absolute Gasteiger partial charge is 0.493 e. The molecule has 0 saturated carbocycles. The van der Waals surface area contributed by atoms with Crippen molar-refractivity contribution in [3.05, 3.63) is 23.3 Å². The molecule has 0 aromatic heterocycles. The van der Waals surface area contributed by atoms with Crippen molar-refractivity contribution in [1.29, 1.82) is 0 Å². The van der Waals surface area contributed by atoms with Crippen LogP contribution in [-0.4, -0.2) is 21.3 Å². The number of hydrogen-bond donors (Lipinski definition) is 1. The molecule has 0 saturated heterocycles. The highest BCUT2D eigenvalue weighted by molar-refractivity contribution is 5.50. The van der Waals surface area contributed by atoms with Crippen LogP contribution in [0.1, 0.15) is 17.6 Å². The lowest BCUT2D eigenvalue weighted by atomic mass is 10.1. The Morgan fingerprint density at radius 2 is 1.88 bits per heavy atom. The Labute approximate surface area is 98.4 Å². The van der Waals surface area contributed by atoms with E-state index in [9.17, 15) is 8.78 Å². The highest BCUT2D eigenvalue weighted by Crippen LogP contribution is 2.38. The Hall–Kier alpha value is -1.40. The van der Waals surface area contributed by atoms with Gasteiger partial charge in [0.25, 0.3) is 6.43 Å². The van der Waals surface area contributed by atoms with Gasteiger partial charge in [-0.1, -0.05) is 0 Å². The maximum absolute atomic E-state index is 12.8. The van der Waals surface area contributed by atoms with E-state index in [1.807, 2.05) is 0 Å². The van der Waals surface area contributed by atoms with Crippen molar-refractivity contribution in [2.75, 3.05) is 21.3 Å². The van der Waals surface area contributed by atoms with Crippen LogP contribution in [0.5, 0.6) is 11.5 Å². The van der Waals surface area contributed by atoms with E-state index < -0.39 is 6.43 Å². The van der Waals surface area contributed by atoms with Gasteiger partial charge >= 0.3 is 0 Å². The fourth-order valence-corrected chi connectivity index (χ4v) is 1.47. The van der Waals surface area contributed by atoms with Crippen molar-refractivity contribution in [3.8, 4) is 11.5 Å². The molecule has 0 fully saturated rings. The molecule has 0 aliphatic heterocycles. The van der Waals surface area contributed by atoms with Gasteiger partial charge in [-0.05, 0) is 17.7 Å². The van der Waals surface area contributed by atoms with Crippen molar-refractivity contribution in [2.45, 2.75) is 13.0 Å².